The van der Waals surface area contributed by atoms with Crippen molar-refractivity contribution >= 4 is 11.8 Å². The molecule has 2 unspecified atom stereocenters. The van der Waals surface area contributed by atoms with E-state index in [-0.39, 0.29) is 6.61 Å². The molecule has 1 aliphatic rings. The number of rotatable bonds is 7. The first-order valence-electron chi connectivity index (χ1n) is 5.24. The average Bonchev–Trinajstić information content (AvgIpc) is 2.95. The van der Waals surface area contributed by atoms with Crippen LogP contribution < -0.4 is 5.32 Å². The molecule has 13 heavy (non-hydrogen) atoms. The molecule has 2 N–H and O–H groups in total. The maximum atomic E-state index is 9.11. The van der Waals surface area contributed by atoms with Crippen molar-refractivity contribution in [3.63, 3.8) is 0 Å². The van der Waals surface area contributed by atoms with Crippen LogP contribution in [0.4, 0.5) is 0 Å². The van der Waals surface area contributed by atoms with Gasteiger partial charge in [0, 0.05) is 23.1 Å². The fourth-order valence-corrected chi connectivity index (χ4v) is 2.13. The minimum Gasteiger partial charge on any atom is -0.395 e. The molecule has 0 bridgehead atoms. The Morgan fingerprint density at radius 2 is 2.23 bits per heavy atom. The van der Waals surface area contributed by atoms with E-state index in [9.17, 15) is 0 Å². The topological polar surface area (TPSA) is 32.3 Å². The summed E-state index contributed by atoms with van der Waals surface area (Å²) in [6, 6.07) is 1.01. The van der Waals surface area contributed by atoms with Gasteiger partial charge in [0.2, 0.25) is 0 Å². The van der Waals surface area contributed by atoms with Crippen LogP contribution >= 0.6 is 11.8 Å². The summed E-state index contributed by atoms with van der Waals surface area (Å²) in [7, 11) is 0. The van der Waals surface area contributed by atoms with Crippen LogP contribution in [0.2, 0.25) is 0 Å². The summed E-state index contributed by atoms with van der Waals surface area (Å²) in [4.78, 5) is 0. The minimum absolute atomic E-state index is 0.278. The lowest BCUT2D eigenvalue weighted by molar-refractivity contribution is 0.253. The van der Waals surface area contributed by atoms with Gasteiger partial charge in [0.25, 0.3) is 0 Å². The van der Waals surface area contributed by atoms with Crippen LogP contribution in [0.1, 0.15) is 33.1 Å². The van der Waals surface area contributed by atoms with E-state index in [1.165, 1.54) is 19.3 Å². The molecule has 2 atom stereocenters. The molecule has 0 radical (unpaired) electrons. The van der Waals surface area contributed by atoms with Crippen molar-refractivity contribution < 1.29 is 5.11 Å². The highest BCUT2D eigenvalue weighted by Gasteiger charge is 2.24. The summed E-state index contributed by atoms with van der Waals surface area (Å²) in [6.45, 7) is 4.73. The first-order chi connectivity index (χ1) is 6.26. The van der Waals surface area contributed by atoms with Gasteiger partial charge >= 0.3 is 0 Å². The third-order valence-electron chi connectivity index (χ3n) is 2.43. The van der Waals surface area contributed by atoms with E-state index in [1.807, 2.05) is 11.8 Å². The smallest absolute Gasteiger partial charge is 0.0592 e. The monoisotopic (exact) mass is 203 g/mol. The van der Waals surface area contributed by atoms with Gasteiger partial charge in [-0.25, -0.2) is 0 Å². The van der Waals surface area contributed by atoms with Crippen molar-refractivity contribution in [1.29, 1.82) is 0 Å². The van der Waals surface area contributed by atoms with Gasteiger partial charge in [-0.15, -0.1) is 0 Å². The molecule has 1 rings (SSSR count). The van der Waals surface area contributed by atoms with Crippen molar-refractivity contribution in [3.8, 4) is 0 Å². The zero-order valence-corrected chi connectivity index (χ0v) is 9.44. The molecular formula is C10H21NOS. The Hall–Kier alpha value is 0.270. The highest BCUT2D eigenvalue weighted by atomic mass is 32.2. The summed E-state index contributed by atoms with van der Waals surface area (Å²) in [5.41, 5.74) is 0. The number of aliphatic hydroxyl groups excluding tert-OH is 1. The zero-order chi connectivity index (χ0) is 9.68. The Morgan fingerprint density at radius 1 is 1.54 bits per heavy atom. The van der Waals surface area contributed by atoms with E-state index in [0.29, 0.717) is 12.1 Å². The number of aliphatic hydroxyl groups is 1. The maximum Gasteiger partial charge on any atom is 0.0592 e. The molecule has 0 aliphatic heterocycles. The summed E-state index contributed by atoms with van der Waals surface area (Å²) in [6.07, 6.45) is 3.81. The van der Waals surface area contributed by atoms with E-state index in [2.05, 4.69) is 19.2 Å². The molecule has 0 aromatic rings. The van der Waals surface area contributed by atoms with Gasteiger partial charge in [0.15, 0.2) is 0 Å². The third kappa shape index (κ3) is 4.89. The first kappa shape index (κ1) is 11.3. The van der Waals surface area contributed by atoms with Gasteiger partial charge in [-0.1, -0.05) is 13.8 Å². The Labute approximate surface area is 85.5 Å². The molecule has 0 spiro atoms. The van der Waals surface area contributed by atoms with E-state index in [4.69, 9.17) is 5.11 Å². The standard InChI is InChI=1S/C10H21NOS/c1-3-8(2)13-7-10(6-12)11-9-4-5-9/h8-12H,3-7H2,1-2H3. The highest BCUT2D eigenvalue weighted by Crippen LogP contribution is 2.21. The lowest BCUT2D eigenvalue weighted by atomic mass is 10.3. The lowest BCUT2D eigenvalue weighted by Gasteiger charge is -2.17. The fourth-order valence-electron chi connectivity index (χ4n) is 1.14. The van der Waals surface area contributed by atoms with Crippen LogP contribution in [0.15, 0.2) is 0 Å². The number of hydrogen-bond acceptors (Lipinski definition) is 3. The van der Waals surface area contributed by atoms with Crippen molar-refractivity contribution in [1.82, 2.24) is 5.32 Å². The summed E-state index contributed by atoms with van der Waals surface area (Å²) in [5, 5.41) is 13.3. The Kier molecular flexibility index (Phi) is 5.14. The van der Waals surface area contributed by atoms with Crippen molar-refractivity contribution in [2.24, 2.45) is 0 Å². The summed E-state index contributed by atoms with van der Waals surface area (Å²) < 4.78 is 0. The molecule has 2 nitrogen and oxygen atoms in total. The van der Waals surface area contributed by atoms with Crippen molar-refractivity contribution in [3.05, 3.63) is 0 Å². The maximum absolute atomic E-state index is 9.11. The number of thioether (sulfide) groups is 1. The molecule has 1 fully saturated rings. The van der Waals surface area contributed by atoms with Gasteiger partial charge in [-0.05, 0) is 19.3 Å². The van der Waals surface area contributed by atoms with Crippen LogP contribution in [0.5, 0.6) is 0 Å². The first-order valence-corrected chi connectivity index (χ1v) is 6.29. The van der Waals surface area contributed by atoms with Crippen LogP contribution in [0, 0.1) is 0 Å². The van der Waals surface area contributed by atoms with Gasteiger partial charge < -0.3 is 10.4 Å². The summed E-state index contributed by atoms with van der Waals surface area (Å²) >= 11 is 1.96. The van der Waals surface area contributed by atoms with E-state index >= 15 is 0 Å². The SMILES string of the molecule is CCC(C)SCC(CO)NC1CC1. The lowest BCUT2D eigenvalue weighted by Crippen LogP contribution is -2.36. The second-order valence-corrected chi connectivity index (χ2v) is 5.34. The van der Waals surface area contributed by atoms with E-state index in [1.54, 1.807) is 0 Å². The normalized spacial score (nSPS) is 21.5. The summed E-state index contributed by atoms with van der Waals surface area (Å²) in [5.74, 6) is 1.04. The Balaban J connectivity index is 2.07. The largest absolute Gasteiger partial charge is 0.395 e. The molecule has 0 heterocycles. The molecule has 78 valence electrons. The van der Waals surface area contributed by atoms with Crippen molar-refractivity contribution in [2.45, 2.75) is 50.4 Å². The molecule has 0 aromatic heterocycles. The van der Waals surface area contributed by atoms with E-state index in [0.717, 1.165) is 11.0 Å². The molecule has 1 saturated carbocycles. The predicted molar refractivity (Wildman–Crippen MR) is 59.2 cm³/mol. The molecule has 0 aromatic carbocycles. The van der Waals surface area contributed by atoms with Crippen LogP contribution in [0.25, 0.3) is 0 Å². The molecule has 1 aliphatic carbocycles. The number of nitrogens with one attached hydrogen (secondary N) is 1. The Morgan fingerprint density at radius 3 is 2.69 bits per heavy atom. The Bertz CT molecular complexity index is 139. The fraction of sp³-hybridized carbons (Fsp3) is 1.00. The highest BCUT2D eigenvalue weighted by molar-refractivity contribution is 7.99. The van der Waals surface area contributed by atoms with Gasteiger partial charge in [0.05, 0.1) is 6.61 Å². The van der Waals surface area contributed by atoms with Crippen LogP contribution in [-0.2, 0) is 0 Å². The predicted octanol–water partition coefficient (Wildman–Crippen LogP) is 1.63. The van der Waals surface area contributed by atoms with Crippen molar-refractivity contribution in [2.75, 3.05) is 12.4 Å². The van der Waals surface area contributed by atoms with Crippen LogP contribution in [-0.4, -0.2) is 34.8 Å². The second kappa shape index (κ2) is 5.89. The average molecular weight is 203 g/mol. The minimum atomic E-state index is 0.278. The second-order valence-electron chi connectivity index (χ2n) is 3.87. The zero-order valence-electron chi connectivity index (χ0n) is 8.62. The molecular weight excluding hydrogens is 182 g/mol. The molecule has 0 saturated heterocycles. The quantitative estimate of drug-likeness (QED) is 0.659. The van der Waals surface area contributed by atoms with Gasteiger partial charge in [-0.2, -0.15) is 11.8 Å². The van der Waals surface area contributed by atoms with Crippen LogP contribution in [0.3, 0.4) is 0 Å². The van der Waals surface area contributed by atoms with Gasteiger partial charge in [-0.3, -0.25) is 0 Å². The number of hydrogen-bond donors (Lipinski definition) is 2. The van der Waals surface area contributed by atoms with E-state index < -0.39 is 0 Å². The molecule has 0 amide bonds. The molecule has 3 heteroatoms. The third-order valence-corrected chi connectivity index (χ3v) is 3.92. The van der Waals surface area contributed by atoms with Gasteiger partial charge in [0.1, 0.15) is 0 Å².